The molecule has 0 aliphatic rings. The molecule has 0 aliphatic carbocycles. The lowest BCUT2D eigenvalue weighted by Gasteiger charge is -2.14. The van der Waals surface area contributed by atoms with Gasteiger partial charge in [0, 0.05) is 6.54 Å². The van der Waals surface area contributed by atoms with Gasteiger partial charge in [-0.1, -0.05) is 18.6 Å². The molecule has 0 unspecified atom stereocenters. The van der Waals surface area contributed by atoms with Crippen LogP contribution in [0.1, 0.15) is 44.6 Å². The van der Waals surface area contributed by atoms with Gasteiger partial charge in [0.2, 0.25) is 0 Å². The molecule has 0 saturated carbocycles. The van der Waals surface area contributed by atoms with Crippen LogP contribution in [0, 0.1) is 0 Å². The molecular formula is C28H51N9O11. The number of carbonyl (C=O) groups is 5. The van der Waals surface area contributed by atoms with Gasteiger partial charge in [0.15, 0.2) is 5.96 Å². The number of benzene rings is 1. The molecule has 1 rings (SSSR count). The number of aromatic hydroxyl groups is 1. The number of nitrogens with two attached hydrogens (primary N) is 8. The van der Waals surface area contributed by atoms with Crippen molar-refractivity contribution in [2.75, 3.05) is 19.7 Å². The minimum Gasteiger partial charge on any atom is -0.508 e. The Kier molecular flexibility index (Phi) is 24.4. The number of aliphatic hydroxyl groups is 1. The van der Waals surface area contributed by atoms with Crippen LogP contribution in [0.25, 0.3) is 0 Å². The van der Waals surface area contributed by atoms with Crippen LogP contribution in [0.5, 0.6) is 5.75 Å². The smallest absolute Gasteiger partial charge is 0.333 e. The number of esters is 3. The van der Waals surface area contributed by atoms with Crippen molar-refractivity contribution in [1.82, 2.24) is 0 Å². The van der Waals surface area contributed by atoms with E-state index >= 15 is 0 Å². The van der Waals surface area contributed by atoms with Crippen LogP contribution in [-0.4, -0.2) is 112 Å². The zero-order chi connectivity index (χ0) is 37.4. The van der Waals surface area contributed by atoms with Gasteiger partial charge in [0.1, 0.15) is 42.6 Å². The lowest BCUT2D eigenvalue weighted by Crippen LogP contribution is -2.44. The molecule has 0 saturated heterocycles. The number of aliphatic hydroxyl groups excluding tert-OH is 1. The van der Waals surface area contributed by atoms with Gasteiger partial charge in [-0.25, -0.2) is 9.59 Å². The van der Waals surface area contributed by atoms with E-state index in [4.69, 9.17) is 71.0 Å². The first-order valence-electron chi connectivity index (χ1n) is 14.7. The van der Waals surface area contributed by atoms with Crippen molar-refractivity contribution < 1.29 is 53.9 Å². The summed E-state index contributed by atoms with van der Waals surface area (Å²) in [5, 5.41) is 35.0. The average molecular weight is 690 g/mol. The second-order valence-electron chi connectivity index (χ2n) is 10.3. The Bertz CT molecular complexity index is 1150. The fourth-order valence-electron chi connectivity index (χ4n) is 3.03. The van der Waals surface area contributed by atoms with Gasteiger partial charge in [-0.05, 0) is 63.3 Å². The third-order valence-corrected chi connectivity index (χ3v) is 5.97. The number of hydrogen-bond donors (Lipinski definition) is 12. The van der Waals surface area contributed by atoms with Gasteiger partial charge in [-0.15, -0.1) is 0 Å². The third kappa shape index (κ3) is 23.0. The van der Waals surface area contributed by atoms with E-state index < -0.39 is 72.8 Å². The van der Waals surface area contributed by atoms with Crippen molar-refractivity contribution in [3.63, 3.8) is 0 Å². The largest absolute Gasteiger partial charge is 0.508 e. The van der Waals surface area contributed by atoms with Crippen LogP contribution in [0.15, 0.2) is 29.3 Å². The highest BCUT2D eigenvalue weighted by Gasteiger charge is 2.26. The quantitative estimate of drug-likeness (QED) is 0.0229. The normalized spacial score (nSPS) is 14.1. The second-order valence-corrected chi connectivity index (χ2v) is 10.3. The van der Waals surface area contributed by atoms with Crippen molar-refractivity contribution in [2.45, 2.75) is 81.8 Å². The van der Waals surface area contributed by atoms with Crippen molar-refractivity contribution in [3.8, 4) is 5.75 Å². The molecule has 0 spiro atoms. The first-order valence-corrected chi connectivity index (χ1v) is 14.7. The van der Waals surface area contributed by atoms with Gasteiger partial charge >= 0.3 is 29.8 Å². The highest BCUT2D eigenvalue weighted by Crippen LogP contribution is 2.11. The number of nitrogens with zero attached hydrogens (tertiary/aromatic N) is 1. The van der Waals surface area contributed by atoms with Crippen molar-refractivity contribution in [2.24, 2.45) is 50.9 Å². The molecule has 0 amide bonds. The number of carboxylic acids is 2. The first kappa shape index (κ1) is 45.7. The molecule has 274 valence electrons. The number of phenolic OH excluding ortho intramolecular Hbond substituents is 1. The number of guanidine groups is 1. The molecule has 0 bridgehead atoms. The fraction of sp³-hybridized carbons (Fsp3) is 0.571. The second kappa shape index (κ2) is 25.6. The Hall–Kier alpha value is -4.44. The molecular weight excluding hydrogens is 638 g/mol. The topological polar surface area (TPSA) is 405 Å². The lowest BCUT2D eigenvalue weighted by molar-refractivity contribution is -0.163. The predicted molar refractivity (Wildman–Crippen MR) is 174 cm³/mol. The molecule has 20 N–H and O–H groups in total. The molecule has 0 radical (unpaired) electrons. The van der Waals surface area contributed by atoms with Gasteiger partial charge in [-0.3, -0.25) is 19.4 Å². The van der Waals surface area contributed by atoms with E-state index in [0.29, 0.717) is 25.9 Å². The maximum absolute atomic E-state index is 11.5. The Morgan fingerprint density at radius 3 is 1.79 bits per heavy atom. The van der Waals surface area contributed by atoms with Crippen molar-refractivity contribution in [3.05, 3.63) is 29.8 Å². The molecule has 48 heavy (non-hydrogen) atoms. The number of hydrogen-bond acceptors (Lipinski definition) is 16. The summed E-state index contributed by atoms with van der Waals surface area (Å²) >= 11 is 0. The number of unbranched alkanes of at least 4 members (excludes halogenated alkanes) is 1. The molecule has 1 aromatic rings. The highest BCUT2D eigenvalue weighted by atomic mass is 16.6. The minimum atomic E-state index is -1.28. The summed E-state index contributed by atoms with van der Waals surface area (Å²) in [6, 6.07) is 1.08. The summed E-state index contributed by atoms with van der Waals surface area (Å²) in [7, 11) is 0. The van der Waals surface area contributed by atoms with E-state index in [-0.39, 0.29) is 24.6 Å². The Morgan fingerprint density at radius 2 is 1.31 bits per heavy atom. The molecule has 20 heteroatoms. The number of carboxylic acid groups (broad SMARTS) is 2. The average Bonchev–Trinajstić information content (AvgIpc) is 3.02. The Balaban J connectivity index is 0. The maximum atomic E-state index is 11.5. The van der Waals surface area contributed by atoms with Gasteiger partial charge in [0.25, 0.3) is 0 Å². The summed E-state index contributed by atoms with van der Waals surface area (Å²) < 4.78 is 9.14. The number of carbonyl (C=O) groups excluding carboxylic acids is 3. The molecule has 0 aromatic heterocycles. The minimum absolute atomic E-state index is 0.0470. The number of aliphatic carboxylic acids is 2. The summed E-state index contributed by atoms with van der Waals surface area (Å²) in [5.41, 5.74) is 43.0. The molecule has 0 fully saturated rings. The Labute approximate surface area is 277 Å². The Morgan fingerprint density at radius 1 is 0.771 bits per heavy atom. The lowest BCUT2D eigenvalue weighted by atomic mass is 10.1. The van der Waals surface area contributed by atoms with E-state index in [2.05, 4.69) is 9.73 Å². The van der Waals surface area contributed by atoms with E-state index in [0.717, 1.165) is 18.4 Å². The number of ether oxygens (including phenoxy) is 2. The van der Waals surface area contributed by atoms with Gasteiger partial charge in [-0.2, -0.15) is 0 Å². The summed E-state index contributed by atoms with van der Waals surface area (Å²) in [6.45, 7) is 1.82. The third-order valence-electron chi connectivity index (χ3n) is 5.97. The SMILES string of the molecule is C[C@@H](O)[C@H](N)C(=O)OC(=O)[C@@H](N)CCCN=C(N)N.NCCCC[C@H](N)C(=O)O.N[C@@H](COC(=O)[C@@H](N)Cc1ccc(O)cc1)C(=O)O. The number of aliphatic imine (C=N–C) groups is 1. The van der Waals surface area contributed by atoms with Crippen LogP contribution in [0.4, 0.5) is 0 Å². The summed E-state index contributed by atoms with van der Waals surface area (Å²) in [6.07, 6.45) is 2.00. The number of rotatable bonds is 18. The highest BCUT2D eigenvalue weighted by molar-refractivity contribution is 5.90. The molecule has 6 atom stereocenters. The molecule has 1 aromatic carbocycles. The zero-order valence-corrected chi connectivity index (χ0v) is 26.9. The summed E-state index contributed by atoms with van der Waals surface area (Å²) in [5.74, 6) is -4.74. The predicted octanol–water partition coefficient (Wildman–Crippen LogP) is -4.11. The van der Waals surface area contributed by atoms with Crippen LogP contribution >= 0.6 is 0 Å². The van der Waals surface area contributed by atoms with E-state index in [1.807, 2.05) is 0 Å². The maximum Gasteiger partial charge on any atom is 0.333 e. The molecule has 0 aliphatic heterocycles. The monoisotopic (exact) mass is 689 g/mol. The molecule has 20 nitrogen and oxygen atoms in total. The van der Waals surface area contributed by atoms with E-state index in [1.165, 1.54) is 19.1 Å². The van der Waals surface area contributed by atoms with Gasteiger partial charge < -0.3 is 75.8 Å². The van der Waals surface area contributed by atoms with Crippen LogP contribution in [-0.2, 0) is 39.9 Å². The fourth-order valence-corrected chi connectivity index (χ4v) is 3.03. The van der Waals surface area contributed by atoms with Crippen LogP contribution in [0.2, 0.25) is 0 Å². The van der Waals surface area contributed by atoms with Crippen LogP contribution < -0.4 is 45.9 Å². The number of phenols is 1. The van der Waals surface area contributed by atoms with Gasteiger partial charge in [0.05, 0.1) is 6.10 Å². The first-order chi connectivity index (χ1) is 22.3. The zero-order valence-electron chi connectivity index (χ0n) is 26.9. The standard InChI is InChI=1S/C12H16N2O5.C10H21N5O4.C6H14N2O2/c13-9(5-7-1-3-8(15)4-2-7)12(18)19-6-10(14)11(16)17;1-5(16)7(12)9(18)19-8(17)6(11)3-2-4-15-10(13)14;7-4-2-1-3-5(8)6(9)10/h1-4,9-10,15H,5-6,13-14H2,(H,16,17);5-7,16H,2-4,11-12H2,1H3,(H4,13,14,15);5H,1-4,7-8H2,(H,9,10)/t9-,10-;5-,6+,7+;5-/m010/s1. The van der Waals surface area contributed by atoms with E-state index in [9.17, 15) is 24.0 Å². The van der Waals surface area contributed by atoms with Crippen LogP contribution in [0.3, 0.4) is 0 Å². The molecule has 0 heterocycles. The summed E-state index contributed by atoms with van der Waals surface area (Å²) in [4.78, 5) is 58.5. The van der Waals surface area contributed by atoms with Crippen molar-refractivity contribution in [1.29, 1.82) is 0 Å². The van der Waals surface area contributed by atoms with E-state index in [1.54, 1.807) is 12.1 Å². The van der Waals surface area contributed by atoms with Crippen molar-refractivity contribution >= 4 is 35.8 Å².